The van der Waals surface area contributed by atoms with E-state index in [4.69, 9.17) is 0 Å². The molecule has 2 rings (SSSR count). The van der Waals surface area contributed by atoms with Crippen molar-refractivity contribution in [3.8, 4) is 0 Å². The Morgan fingerprint density at radius 1 is 1.22 bits per heavy atom. The standard InChI is InChI=1S/C13H19NO3S/c1-9(15)18-8-4-7-14-12(16)10-5-2-3-6-11(10)13(14)17/h10-11H,2-8H2,1H3/t10-,11-/m1/s1. The topological polar surface area (TPSA) is 54.5 Å². The number of thioether (sulfide) groups is 1. The second kappa shape index (κ2) is 5.87. The molecule has 5 heteroatoms. The minimum absolute atomic E-state index is 0.0255. The highest BCUT2D eigenvalue weighted by molar-refractivity contribution is 8.13. The summed E-state index contributed by atoms with van der Waals surface area (Å²) in [4.78, 5) is 36.4. The van der Waals surface area contributed by atoms with Crippen LogP contribution in [0.5, 0.6) is 0 Å². The number of hydrogen-bond donors (Lipinski definition) is 0. The molecule has 1 aliphatic carbocycles. The number of nitrogens with zero attached hydrogens (tertiary/aromatic N) is 1. The first kappa shape index (κ1) is 13.6. The van der Waals surface area contributed by atoms with Gasteiger partial charge < -0.3 is 0 Å². The maximum Gasteiger partial charge on any atom is 0.233 e. The molecule has 0 aromatic heterocycles. The summed E-state index contributed by atoms with van der Waals surface area (Å²) in [7, 11) is 0. The van der Waals surface area contributed by atoms with E-state index in [2.05, 4.69) is 0 Å². The quantitative estimate of drug-likeness (QED) is 0.577. The SMILES string of the molecule is CC(=O)SCCCN1C(=O)[C@@H]2CCCC[C@H]2C1=O. The molecule has 0 bridgehead atoms. The Bertz CT molecular complexity index is 345. The molecule has 1 heterocycles. The van der Waals surface area contributed by atoms with Gasteiger partial charge in [-0.2, -0.15) is 0 Å². The van der Waals surface area contributed by atoms with Crippen LogP contribution in [0.2, 0.25) is 0 Å². The summed E-state index contributed by atoms with van der Waals surface area (Å²) in [6.45, 7) is 2.01. The van der Waals surface area contributed by atoms with Crippen LogP contribution in [-0.2, 0) is 14.4 Å². The van der Waals surface area contributed by atoms with Gasteiger partial charge in [-0.3, -0.25) is 19.3 Å². The Kier molecular flexibility index (Phi) is 4.43. The second-order valence-corrected chi connectivity index (χ2v) is 6.29. The van der Waals surface area contributed by atoms with Crippen molar-refractivity contribution >= 4 is 28.7 Å². The molecule has 18 heavy (non-hydrogen) atoms. The fourth-order valence-electron chi connectivity index (χ4n) is 2.89. The lowest BCUT2D eigenvalue weighted by Crippen LogP contribution is -2.32. The monoisotopic (exact) mass is 269 g/mol. The number of carbonyl (C=O) groups excluding carboxylic acids is 3. The van der Waals surface area contributed by atoms with Gasteiger partial charge in [-0.15, -0.1) is 0 Å². The van der Waals surface area contributed by atoms with Gasteiger partial charge in [0.1, 0.15) is 0 Å². The van der Waals surface area contributed by atoms with E-state index in [9.17, 15) is 14.4 Å². The molecular weight excluding hydrogens is 250 g/mol. The van der Waals surface area contributed by atoms with Crippen molar-refractivity contribution in [1.82, 2.24) is 4.90 Å². The van der Waals surface area contributed by atoms with E-state index in [1.165, 1.54) is 23.6 Å². The van der Waals surface area contributed by atoms with Gasteiger partial charge in [0.2, 0.25) is 11.8 Å². The Labute approximate surface area is 111 Å². The van der Waals surface area contributed by atoms with Gasteiger partial charge >= 0.3 is 0 Å². The molecule has 0 spiro atoms. The van der Waals surface area contributed by atoms with Crippen LogP contribution >= 0.6 is 11.8 Å². The summed E-state index contributed by atoms with van der Waals surface area (Å²) >= 11 is 1.25. The van der Waals surface area contributed by atoms with E-state index in [1.807, 2.05) is 0 Å². The minimum Gasteiger partial charge on any atom is -0.288 e. The number of imide groups is 1. The van der Waals surface area contributed by atoms with Crippen molar-refractivity contribution in [3.63, 3.8) is 0 Å². The fourth-order valence-corrected chi connectivity index (χ4v) is 3.45. The lowest BCUT2D eigenvalue weighted by molar-refractivity contribution is -0.139. The van der Waals surface area contributed by atoms with Crippen LogP contribution in [0, 0.1) is 11.8 Å². The molecule has 0 radical (unpaired) electrons. The van der Waals surface area contributed by atoms with Gasteiger partial charge in [0.05, 0.1) is 11.8 Å². The van der Waals surface area contributed by atoms with Crippen molar-refractivity contribution < 1.29 is 14.4 Å². The largest absolute Gasteiger partial charge is 0.288 e. The Hall–Kier alpha value is -0.840. The van der Waals surface area contributed by atoms with Crippen molar-refractivity contribution in [2.45, 2.75) is 39.0 Å². The van der Waals surface area contributed by atoms with Gasteiger partial charge in [0.15, 0.2) is 5.12 Å². The summed E-state index contributed by atoms with van der Waals surface area (Å²) in [6, 6.07) is 0. The highest BCUT2D eigenvalue weighted by atomic mass is 32.2. The summed E-state index contributed by atoms with van der Waals surface area (Å²) in [5.41, 5.74) is 0. The Morgan fingerprint density at radius 3 is 2.28 bits per heavy atom. The van der Waals surface area contributed by atoms with Crippen LogP contribution in [0.25, 0.3) is 0 Å². The molecule has 1 saturated carbocycles. The third-order valence-electron chi connectivity index (χ3n) is 3.76. The van der Waals surface area contributed by atoms with Gasteiger partial charge in [0, 0.05) is 19.2 Å². The first-order valence-electron chi connectivity index (χ1n) is 6.60. The zero-order valence-corrected chi connectivity index (χ0v) is 11.5. The van der Waals surface area contributed by atoms with Crippen LogP contribution in [-0.4, -0.2) is 34.1 Å². The Morgan fingerprint density at radius 2 is 1.78 bits per heavy atom. The second-order valence-electron chi connectivity index (χ2n) is 5.02. The predicted molar refractivity (Wildman–Crippen MR) is 69.9 cm³/mol. The summed E-state index contributed by atoms with van der Waals surface area (Å²) in [5, 5.41) is 0.0859. The van der Waals surface area contributed by atoms with E-state index in [-0.39, 0.29) is 28.8 Å². The van der Waals surface area contributed by atoms with Crippen molar-refractivity contribution in [3.05, 3.63) is 0 Å². The third-order valence-corrected chi connectivity index (χ3v) is 4.66. The molecule has 2 atom stereocenters. The van der Waals surface area contributed by atoms with Crippen LogP contribution in [0.3, 0.4) is 0 Å². The van der Waals surface area contributed by atoms with Gasteiger partial charge in [-0.1, -0.05) is 24.6 Å². The van der Waals surface area contributed by atoms with E-state index in [0.717, 1.165) is 25.7 Å². The number of rotatable bonds is 4. The fraction of sp³-hybridized carbons (Fsp3) is 0.769. The molecule has 0 unspecified atom stereocenters. The number of hydrogen-bond acceptors (Lipinski definition) is 4. The van der Waals surface area contributed by atoms with E-state index in [1.54, 1.807) is 0 Å². The molecule has 0 N–H and O–H groups in total. The first-order chi connectivity index (χ1) is 8.61. The van der Waals surface area contributed by atoms with E-state index < -0.39 is 0 Å². The highest BCUT2D eigenvalue weighted by Crippen LogP contribution is 2.37. The van der Waals surface area contributed by atoms with Gasteiger partial charge in [0.25, 0.3) is 0 Å². The Balaban J connectivity index is 1.87. The van der Waals surface area contributed by atoms with Crippen molar-refractivity contribution in [1.29, 1.82) is 0 Å². The molecule has 2 aliphatic rings. The van der Waals surface area contributed by atoms with Crippen molar-refractivity contribution in [2.75, 3.05) is 12.3 Å². The molecule has 4 nitrogen and oxygen atoms in total. The summed E-state index contributed by atoms with van der Waals surface area (Å²) in [6.07, 6.45) is 4.57. The molecule has 1 aliphatic heterocycles. The number of fused-ring (bicyclic) bond motifs is 1. The van der Waals surface area contributed by atoms with Gasteiger partial charge in [-0.05, 0) is 19.3 Å². The molecule has 0 aromatic rings. The maximum absolute atomic E-state index is 12.1. The normalized spacial score (nSPS) is 27.5. The van der Waals surface area contributed by atoms with Crippen LogP contribution in [0.15, 0.2) is 0 Å². The number of amides is 2. The van der Waals surface area contributed by atoms with E-state index in [0.29, 0.717) is 18.7 Å². The predicted octanol–water partition coefficient (Wildman–Crippen LogP) is 1.83. The molecule has 2 fully saturated rings. The van der Waals surface area contributed by atoms with Crippen LogP contribution < -0.4 is 0 Å². The number of carbonyl (C=O) groups is 3. The smallest absolute Gasteiger partial charge is 0.233 e. The minimum atomic E-state index is -0.0493. The van der Waals surface area contributed by atoms with Crippen molar-refractivity contribution in [2.24, 2.45) is 11.8 Å². The zero-order valence-electron chi connectivity index (χ0n) is 10.7. The number of likely N-dealkylation sites (tertiary alicyclic amines) is 1. The van der Waals surface area contributed by atoms with Crippen LogP contribution in [0.4, 0.5) is 0 Å². The average Bonchev–Trinajstić information content (AvgIpc) is 2.59. The van der Waals surface area contributed by atoms with Gasteiger partial charge in [-0.25, -0.2) is 0 Å². The zero-order chi connectivity index (χ0) is 13.1. The molecule has 100 valence electrons. The van der Waals surface area contributed by atoms with Crippen LogP contribution in [0.1, 0.15) is 39.0 Å². The summed E-state index contributed by atoms with van der Waals surface area (Å²) in [5.74, 6) is 0.635. The average molecular weight is 269 g/mol. The highest BCUT2D eigenvalue weighted by Gasteiger charge is 2.47. The lowest BCUT2D eigenvalue weighted by Gasteiger charge is -2.19. The molecular formula is C13H19NO3S. The maximum atomic E-state index is 12.1. The lowest BCUT2D eigenvalue weighted by atomic mass is 9.81. The van der Waals surface area contributed by atoms with E-state index >= 15 is 0 Å². The summed E-state index contributed by atoms with van der Waals surface area (Å²) < 4.78 is 0. The molecule has 1 saturated heterocycles. The molecule has 2 amide bonds. The third kappa shape index (κ3) is 2.76. The molecule has 0 aromatic carbocycles. The first-order valence-corrected chi connectivity index (χ1v) is 7.58.